The molecule has 5 aliphatic heterocycles. The van der Waals surface area contributed by atoms with E-state index in [1.165, 1.54) is 0 Å². The maximum Gasteiger partial charge on any atom is 0.469 e. The summed E-state index contributed by atoms with van der Waals surface area (Å²) >= 11 is 0. The van der Waals surface area contributed by atoms with E-state index in [4.69, 9.17) is 52.4 Å². The van der Waals surface area contributed by atoms with E-state index in [0.29, 0.717) is 0 Å². The fraction of sp³-hybridized carbons (Fsp3) is 1.00. The maximum atomic E-state index is 11.1. The van der Waals surface area contributed by atoms with Crippen molar-refractivity contribution in [2.75, 3.05) is 33.0 Å². The van der Waals surface area contributed by atoms with Gasteiger partial charge in [0.25, 0.3) is 0 Å². The Morgan fingerprint density at radius 1 is 0.317 bits per heavy atom. The molecule has 18 N–H and O–H groups in total. The van der Waals surface area contributed by atoms with Gasteiger partial charge in [-0.25, -0.2) is 4.57 Å². The van der Waals surface area contributed by atoms with Crippen LogP contribution in [-0.2, 0) is 51.7 Å². The first kappa shape index (κ1) is 50.1. The highest BCUT2D eigenvalue weighted by molar-refractivity contribution is 7.46. The fourth-order valence-corrected chi connectivity index (χ4v) is 7.11. The Balaban J connectivity index is 1.15. The topological polar surface area (TPSA) is 474 Å². The molecule has 5 heterocycles. The summed E-state index contributed by atoms with van der Waals surface area (Å²) in [5.74, 6) is 0. The van der Waals surface area contributed by atoms with E-state index >= 15 is 0 Å². The zero-order valence-electron chi connectivity index (χ0n) is 31.0. The number of hydrogen-bond acceptors (Lipinski definition) is 27. The summed E-state index contributed by atoms with van der Waals surface area (Å²) in [6.07, 6.45) is -45.9. The third kappa shape index (κ3) is 11.5. The Kier molecular flexibility index (Phi) is 17.5. The van der Waals surface area contributed by atoms with Gasteiger partial charge in [-0.1, -0.05) is 0 Å². The Bertz CT molecular complexity index is 1380. The molecular weight excluding hydrogens is 855 g/mol. The fourth-order valence-electron chi connectivity index (χ4n) is 6.77. The Morgan fingerprint density at radius 2 is 0.550 bits per heavy atom. The van der Waals surface area contributed by atoms with Crippen molar-refractivity contribution in [1.29, 1.82) is 0 Å². The number of rotatable bonds is 15. The molecule has 0 aromatic rings. The van der Waals surface area contributed by atoms with Crippen LogP contribution in [0.15, 0.2) is 0 Å². The minimum Gasteiger partial charge on any atom is -0.387 e. The van der Waals surface area contributed by atoms with Crippen LogP contribution < -0.4 is 0 Å². The normalized spacial score (nSPS) is 50.7. The van der Waals surface area contributed by atoms with Crippen molar-refractivity contribution in [1.82, 2.24) is 0 Å². The quantitative estimate of drug-likeness (QED) is 0.0678. The molecule has 60 heavy (non-hydrogen) atoms. The van der Waals surface area contributed by atoms with E-state index in [9.17, 15) is 86.3 Å². The minimum atomic E-state index is -5.05. The van der Waals surface area contributed by atoms with Crippen molar-refractivity contribution in [2.45, 2.75) is 154 Å². The predicted octanol–water partition coefficient (Wildman–Crippen LogP) is -11.8. The highest BCUT2D eigenvalue weighted by atomic mass is 31.2. The molecule has 5 fully saturated rings. The van der Waals surface area contributed by atoms with Crippen LogP contribution in [0.25, 0.3) is 0 Å². The van der Waals surface area contributed by atoms with Crippen molar-refractivity contribution in [3.8, 4) is 0 Å². The number of aliphatic hydroxyl groups excluding tert-OH is 16. The molecule has 0 aromatic carbocycles. The van der Waals surface area contributed by atoms with Crippen LogP contribution in [0.3, 0.4) is 0 Å². The summed E-state index contributed by atoms with van der Waals surface area (Å²) < 4.78 is 63.8. The van der Waals surface area contributed by atoms with E-state index in [0.717, 1.165) is 0 Å². The first-order chi connectivity index (χ1) is 28.0. The van der Waals surface area contributed by atoms with Gasteiger partial charge in [-0.15, -0.1) is 0 Å². The van der Waals surface area contributed by atoms with Crippen LogP contribution in [0.4, 0.5) is 0 Å². The zero-order chi connectivity index (χ0) is 44.5. The first-order valence-corrected chi connectivity index (χ1v) is 19.9. The molecule has 0 amide bonds. The van der Waals surface area contributed by atoms with Gasteiger partial charge < -0.3 is 134 Å². The van der Waals surface area contributed by atoms with Crippen LogP contribution in [0, 0.1) is 0 Å². The molecule has 29 nitrogen and oxygen atoms in total. The number of phosphoric ester groups is 1. The summed E-state index contributed by atoms with van der Waals surface area (Å²) in [6, 6.07) is 0. The van der Waals surface area contributed by atoms with Gasteiger partial charge in [-0.2, -0.15) is 0 Å². The molecule has 0 spiro atoms. The van der Waals surface area contributed by atoms with Gasteiger partial charge in [0, 0.05) is 0 Å². The number of ether oxygens (including phenoxy) is 9. The maximum absolute atomic E-state index is 11.1. The Hall–Kier alpha value is -0.890. The lowest BCUT2D eigenvalue weighted by molar-refractivity contribution is -0.350. The van der Waals surface area contributed by atoms with E-state index in [2.05, 4.69) is 4.52 Å². The van der Waals surface area contributed by atoms with Gasteiger partial charge in [0.05, 0.1) is 33.0 Å². The highest BCUT2D eigenvalue weighted by Crippen LogP contribution is 2.37. The third-order valence-corrected chi connectivity index (χ3v) is 11.0. The van der Waals surface area contributed by atoms with E-state index in [1.54, 1.807) is 0 Å². The van der Waals surface area contributed by atoms with Crippen LogP contribution in [0.1, 0.15) is 0 Å². The molecule has 0 saturated carbocycles. The van der Waals surface area contributed by atoms with Gasteiger partial charge in [-0.05, 0) is 0 Å². The van der Waals surface area contributed by atoms with Gasteiger partial charge in [-0.3, -0.25) is 4.52 Å². The molecule has 1 unspecified atom stereocenters. The van der Waals surface area contributed by atoms with Crippen molar-refractivity contribution >= 4 is 7.82 Å². The van der Waals surface area contributed by atoms with Gasteiger partial charge in [0.1, 0.15) is 122 Å². The summed E-state index contributed by atoms with van der Waals surface area (Å²) in [6.45, 7) is -3.99. The standard InChI is InChI=1S/C30H53O29P/c31-11-6(55-26(46)21(41)16(11)36)1-50-27-22(42)17(37)12(32)7(56-27)2-51-28-23(43)18(38)13(33)8(57-28)3-52-29-24(44)19(39)14(34)9(58-29)4-53-30-25(45)20(40)15(35)10(59-30)5-54-60(47,48)49/h6-46H,1-5H2,(H2,47,48,49)/t6-,7-,8-,9-,10-,11-,12-,13-,14-,15-,16+,17+,18+,19+,20+,21+,22+,23+,24+,25+,26?,27+,28+,29+,30+/m1/s1. The van der Waals surface area contributed by atoms with Gasteiger partial charge in [0.2, 0.25) is 0 Å². The zero-order valence-corrected chi connectivity index (χ0v) is 31.9. The summed E-state index contributed by atoms with van der Waals surface area (Å²) in [5, 5.41) is 165. The average molecular weight is 909 g/mol. The van der Waals surface area contributed by atoms with Crippen molar-refractivity contribution < 1.29 is 143 Å². The molecule has 5 aliphatic rings. The van der Waals surface area contributed by atoms with Gasteiger partial charge in [0.15, 0.2) is 31.5 Å². The Labute approximate surface area is 337 Å². The minimum absolute atomic E-state index is 0.688. The SMILES string of the molecule is O=P(O)(O)OC[C@H]1O[C@H](OC[C@H]2O[C@H](OC[C@H]3O[C@H](OC[C@H]4O[C@H](OC[C@H]5OC(O)[C@@H](O)[C@@H](O)[C@@H]5O)[C@@H](O)[C@@H](O)[C@@H]4O)[C@@H](O)[C@@H](O)[C@@H]3O)[C@@H](O)[C@@H](O)[C@@H]2O)[C@@H](O)[C@@H](O)[C@@H]1O. The molecular formula is C30H53O29P. The number of phosphoric acid groups is 1. The predicted molar refractivity (Wildman–Crippen MR) is 177 cm³/mol. The number of aliphatic hydroxyl groups is 16. The van der Waals surface area contributed by atoms with Crippen LogP contribution in [0.2, 0.25) is 0 Å². The molecule has 0 aromatic heterocycles. The lowest BCUT2D eigenvalue weighted by Gasteiger charge is -2.44. The molecule has 5 rings (SSSR count). The molecule has 5 saturated heterocycles. The van der Waals surface area contributed by atoms with Crippen molar-refractivity contribution in [3.05, 3.63) is 0 Å². The molecule has 0 bridgehead atoms. The second kappa shape index (κ2) is 21.0. The number of hydrogen-bond donors (Lipinski definition) is 18. The van der Waals surface area contributed by atoms with Gasteiger partial charge >= 0.3 is 7.82 Å². The molecule has 0 radical (unpaired) electrons. The second-order valence-electron chi connectivity index (χ2n) is 14.7. The first-order valence-electron chi connectivity index (χ1n) is 18.3. The molecule has 0 aliphatic carbocycles. The van der Waals surface area contributed by atoms with Crippen molar-refractivity contribution in [3.63, 3.8) is 0 Å². The monoisotopic (exact) mass is 908 g/mol. The van der Waals surface area contributed by atoms with E-state index < -0.39 is 194 Å². The summed E-state index contributed by atoms with van der Waals surface area (Å²) in [7, 11) is -5.05. The average Bonchev–Trinajstić information content (AvgIpc) is 3.20. The van der Waals surface area contributed by atoms with Crippen LogP contribution in [-0.4, -0.2) is 278 Å². The third-order valence-electron chi connectivity index (χ3n) is 10.5. The largest absolute Gasteiger partial charge is 0.469 e. The molecule has 30 heteroatoms. The Morgan fingerprint density at radius 3 is 0.817 bits per heavy atom. The smallest absolute Gasteiger partial charge is 0.387 e. The lowest BCUT2D eigenvalue weighted by Crippen LogP contribution is -2.63. The van der Waals surface area contributed by atoms with E-state index in [-0.39, 0.29) is 0 Å². The molecule has 25 atom stereocenters. The molecule has 352 valence electrons. The summed E-state index contributed by atoms with van der Waals surface area (Å²) in [5.41, 5.74) is 0. The lowest BCUT2D eigenvalue weighted by atomic mass is 9.97. The second-order valence-corrected chi connectivity index (χ2v) is 16.0. The van der Waals surface area contributed by atoms with Crippen LogP contribution >= 0.6 is 7.82 Å². The van der Waals surface area contributed by atoms with Crippen LogP contribution in [0.5, 0.6) is 0 Å². The summed E-state index contributed by atoms with van der Waals surface area (Å²) in [4.78, 5) is 17.9. The van der Waals surface area contributed by atoms with Crippen molar-refractivity contribution in [2.24, 2.45) is 0 Å². The highest BCUT2D eigenvalue weighted by Gasteiger charge is 2.51. The van der Waals surface area contributed by atoms with E-state index in [1.807, 2.05) is 0 Å².